The number of hydrogen-bond donors (Lipinski definition) is 1. The lowest BCUT2D eigenvalue weighted by Gasteiger charge is -2.17. The highest BCUT2D eigenvalue weighted by molar-refractivity contribution is 5.79. The van der Waals surface area contributed by atoms with Gasteiger partial charge in [0, 0.05) is 0 Å². The molecule has 2 rings (SSSR count). The molecule has 1 N–H and O–H groups in total. The molecule has 0 spiro atoms. The summed E-state index contributed by atoms with van der Waals surface area (Å²) < 4.78 is 16.1. The highest BCUT2D eigenvalue weighted by Gasteiger charge is 2.24. The van der Waals surface area contributed by atoms with Gasteiger partial charge >= 0.3 is 11.9 Å². The summed E-state index contributed by atoms with van der Waals surface area (Å²) in [5, 5.41) is 9.03. The average Bonchev–Trinajstić information content (AvgIpc) is 2.66. The van der Waals surface area contributed by atoms with E-state index in [0.717, 1.165) is 16.7 Å². The van der Waals surface area contributed by atoms with Crippen molar-refractivity contribution in [2.45, 2.75) is 26.4 Å². The summed E-state index contributed by atoms with van der Waals surface area (Å²) in [6.07, 6.45) is -0.0462. The number of hydrogen-bond acceptors (Lipinski definition) is 5. The van der Waals surface area contributed by atoms with Gasteiger partial charge in [-0.15, -0.1) is 0 Å². The number of carboxylic acid groups (broad SMARTS) is 1. The van der Waals surface area contributed by atoms with Crippen LogP contribution < -0.4 is 9.47 Å². The summed E-state index contributed by atoms with van der Waals surface area (Å²) in [5.41, 5.74) is 2.67. The normalized spacial score (nSPS) is 11.5. The van der Waals surface area contributed by atoms with Gasteiger partial charge in [-0.3, -0.25) is 9.59 Å². The van der Waals surface area contributed by atoms with Crippen LogP contribution in [0.25, 0.3) is 0 Å². The zero-order valence-electron chi connectivity index (χ0n) is 15.7. The number of ether oxygens (including phenoxy) is 3. The molecule has 144 valence electrons. The molecule has 2 aromatic carbocycles. The minimum absolute atomic E-state index is 0.245. The number of esters is 1. The SMILES string of the molecule is COC(=O)[C@H](CC(=O)O)Cc1cc(C)c(OCc2ccccc2)c(OC)c1. The lowest BCUT2D eigenvalue weighted by molar-refractivity contribution is -0.150. The van der Waals surface area contributed by atoms with Crippen molar-refractivity contribution in [3.05, 3.63) is 59.2 Å². The van der Waals surface area contributed by atoms with Crippen LogP contribution in [-0.4, -0.2) is 31.3 Å². The first-order valence-electron chi connectivity index (χ1n) is 8.58. The molecule has 0 fully saturated rings. The fourth-order valence-electron chi connectivity index (χ4n) is 2.90. The van der Waals surface area contributed by atoms with E-state index < -0.39 is 17.9 Å². The number of carboxylic acids is 1. The van der Waals surface area contributed by atoms with E-state index >= 15 is 0 Å². The second-order valence-electron chi connectivity index (χ2n) is 6.24. The molecule has 0 bridgehead atoms. The minimum atomic E-state index is -1.04. The molecule has 0 aliphatic heterocycles. The smallest absolute Gasteiger partial charge is 0.309 e. The molecule has 6 heteroatoms. The Morgan fingerprint density at radius 1 is 1.07 bits per heavy atom. The number of rotatable bonds is 9. The third-order valence-electron chi connectivity index (χ3n) is 4.18. The number of carbonyl (C=O) groups excluding carboxylic acids is 1. The summed E-state index contributed by atoms with van der Waals surface area (Å²) in [4.78, 5) is 22.9. The minimum Gasteiger partial charge on any atom is -0.493 e. The Balaban J connectivity index is 2.20. The van der Waals surface area contributed by atoms with Gasteiger partial charge in [-0.25, -0.2) is 0 Å². The van der Waals surface area contributed by atoms with E-state index in [1.54, 1.807) is 13.2 Å². The molecule has 0 unspecified atom stereocenters. The van der Waals surface area contributed by atoms with Crippen LogP contribution in [-0.2, 0) is 27.4 Å². The summed E-state index contributed by atoms with van der Waals surface area (Å²) in [6.45, 7) is 2.29. The van der Waals surface area contributed by atoms with Crippen molar-refractivity contribution in [2.75, 3.05) is 14.2 Å². The molecular weight excluding hydrogens is 348 g/mol. The highest BCUT2D eigenvalue weighted by Crippen LogP contribution is 2.34. The molecule has 0 saturated carbocycles. The van der Waals surface area contributed by atoms with Crippen LogP contribution in [0.1, 0.15) is 23.1 Å². The Morgan fingerprint density at radius 3 is 2.37 bits per heavy atom. The van der Waals surface area contributed by atoms with E-state index in [2.05, 4.69) is 0 Å². The maximum absolute atomic E-state index is 11.9. The molecule has 0 aromatic heterocycles. The van der Waals surface area contributed by atoms with Gasteiger partial charge in [-0.1, -0.05) is 36.4 Å². The van der Waals surface area contributed by atoms with Crippen LogP contribution in [0.5, 0.6) is 11.5 Å². The van der Waals surface area contributed by atoms with Crippen LogP contribution in [0.15, 0.2) is 42.5 Å². The molecule has 0 amide bonds. The maximum Gasteiger partial charge on any atom is 0.309 e. The van der Waals surface area contributed by atoms with Gasteiger partial charge in [0.2, 0.25) is 0 Å². The summed E-state index contributed by atoms with van der Waals surface area (Å²) in [7, 11) is 2.80. The van der Waals surface area contributed by atoms with Crippen molar-refractivity contribution in [3.8, 4) is 11.5 Å². The van der Waals surface area contributed by atoms with E-state index in [4.69, 9.17) is 19.3 Å². The molecule has 0 saturated heterocycles. The zero-order chi connectivity index (χ0) is 19.8. The van der Waals surface area contributed by atoms with Crippen LogP contribution in [0.2, 0.25) is 0 Å². The largest absolute Gasteiger partial charge is 0.493 e. The van der Waals surface area contributed by atoms with Crippen LogP contribution in [0.4, 0.5) is 0 Å². The average molecular weight is 372 g/mol. The first kappa shape index (κ1) is 20.3. The Hall–Kier alpha value is -3.02. The van der Waals surface area contributed by atoms with Gasteiger partial charge in [-0.2, -0.15) is 0 Å². The number of aryl methyl sites for hydroxylation is 1. The van der Waals surface area contributed by atoms with Gasteiger partial charge in [0.15, 0.2) is 11.5 Å². The molecular formula is C21H24O6. The standard InChI is InChI=1S/C21H24O6/c1-14-9-16(10-17(12-19(22)23)21(24)26-3)11-18(25-2)20(14)27-13-15-7-5-4-6-8-15/h4-9,11,17H,10,12-13H2,1-3H3,(H,22,23)/t17-/m0/s1. The van der Waals surface area contributed by atoms with E-state index in [-0.39, 0.29) is 12.8 Å². The van der Waals surface area contributed by atoms with Gasteiger partial charge in [-0.05, 0) is 36.1 Å². The van der Waals surface area contributed by atoms with Crippen molar-refractivity contribution in [1.82, 2.24) is 0 Å². The first-order valence-corrected chi connectivity index (χ1v) is 8.58. The van der Waals surface area contributed by atoms with Crippen LogP contribution in [0, 0.1) is 12.8 Å². The van der Waals surface area contributed by atoms with Crippen molar-refractivity contribution < 1.29 is 28.9 Å². The van der Waals surface area contributed by atoms with Crippen molar-refractivity contribution >= 4 is 11.9 Å². The number of carbonyl (C=O) groups is 2. The third kappa shape index (κ3) is 5.74. The van der Waals surface area contributed by atoms with Gasteiger partial charge in [0.05, 0.1) is 26.6 Å². The Bertz CT molecular complexity index is 785. The third-order valence-corrected chi connectivity index (χ3v) is 4.18. The second-order valence-corrected chi connectivity index (χ2v) is 6.24. The zero-order valence-corrected chi connectivity index (χ0v) is 15.7. The van der Waals surface area contributed by atoms with Crippen LogP contribution >= 0.6 is 0 Å². The fraction of sp³-hybridized carbons (Fsp3) is 0.333. The molecule has 2 aromatic rings. The highest BCUT2D eigenvalue weighted by atomic mass is 16.5. The van der Waals surface area contributed by atoms with E-state index in [0.29, 0.717) is 18.1 Å². The Kier molecular flexibility index (Phi) is 7.23. The van der Waals surface area contributed by atoms with Gasteiger partial charge in [0.1, 0.15) is 6.61 Å². The molecule has 0 aliphatic carbocycles. The van der Waals surface area contributed by atoms with Gasteiger partial charge < -0.3 is 19.3 Å². The quantitative estimate of drug-likeness (QED) is 0.680. The molecule has 27 heavy (non-hydrogen) atoms. The predicted molar refractivity (Wildman–Crippen MR) is 100.0 cm³/mol. The summed E-state index contributed by atoms with van der Waals surface area (Å²) >= 11 is 0. The van der Waals surface area contributed by atoms with Crippen LogP contribution in [0.3, 0.4) is 0 Å². The molecule has 0 radical (unpaired) electrons. The summed E-state index contributed by atoms with van der Waals surface area (Å²) in [5.74, 6) is -1.18. The topological polar surface area (TPSA) is 82.1 Å². The molecule has 1 atom stereocenters. The molecule has 0 heterocycles. The van der Waals surface area contributed by atoms with E-state index in [9.17, 15) is 9.59 Å². The second kappa shape index (κ2) is 9.62. The summed E-state index contributed by atoms with van der Waals surface area (Å²) in [6, 6.07) is 13.4. The maximum atomic E-state index is 11.9. The van der Waals surface area contributed by atoms with Gasteiger partial charge in [0.25, 0.3) is 0 Å². The van der Waals surface area contributed by atoms with E-state index in [1.807, 2.05) is 43.3 Å². The van der Waals surface area contributed by atoms with Crippen molar-refractivity contribution in [1.29, 1.82) is 0 Å². The molecule has 6 nitrogen and oxygen atoms in total. The Labute approximate surface area is 158 Å². The lowest BCUT2D eigenvalue weighted by Crippen LogP contribution is -2.22. The fourth-order valence-corrected chi connectivity index (χ4v) is 2.90. The Morgan fingerprint density at radius 2 is 1.78 bits per heavy atom. The molecule has 0 aliphatic rings. The van der Waals surface area contributed by atoms with E-state index in [1.165, 1.54) is 7.11 Å². The number of methoxy groups -OCH3 is 2. The van der Waals surface area contributed by atoms with Crippen molar-refractivity contribution in [3.63, 3.8) is 0 Å². The number of aliphatic carboxylic acids is 1. The number of benzene rings is 2. The van der Waals surface area contributed by atoms with Crippen molar-refractivity contribution in [2.24, 2.45) is 5.92 Å². The first-order chi connectivity index (χ1) is 12.9. The monoisotopic (exact) mass is 372 g/mol. The lowest BCUT2D eigenvalue weighted by atomic mass is 9.95. The predicted octanol–water partition coefficient (Wildman–Crippen LogP) is 3.39.